The molecule has 0 spiro atoms. The highest BCUT2D eigenvalue weighted by molar-refractivity contribution is 6.76. The number of hydrogen-bond donors (Lipinski definition) is 2. The van der Waals surface area contributed by atoms with Gasteiger partial charge in [0.25, 0.3) is 0 Å². The average molecular weight is 400 g/mol. The smallest absolute Gasteiger partial charge is 0.407 e. The molecule has 0 aliphatic heterocycles. The number of alkyl carbamates (subject to hydrolysis) is 1. The lowest BCUT2D eigenvalue weighted by Gasteiger charge is -2.19. The van der Waals surface area contributed by atoms with Gasteiger partial charge in [0.05, 0.1) is 0 Å². The second kappa shape index (κ2) is 9.36. The molecule has 0 saturated heterocycles. The topological polar surface area (TPSA) is 103 Å². The summed E-state index contributed by atoms with van der Waals surface area (Å²) in [6, 6.07) is 1.03. The molecule has 9 heteroatoms. The van der Waals surface area contributed by atoms with E-state index in [9.17, 15) is 14.7 Å². The molecule has 154 valence electrons. The number of nitrogens with zero attached hydrogens (tertiary/aromatic N) is 2. The second-order valence-electron chi connectivity index (χ2n) is 8.74. The Kier molecular flexibility index (Phi) is 8.03. The lowest BCUT2D eigenvalue weighted by Crippen LogP contribution is -2.33. The summed E-state index contributed by atoms with van der Waals surface area (Å²) in [4.78, 5) is 23.2. The summed E-state index contributed by atoms with van der Waals surface area (Å²) < 4.78 is 12.4. The normalized spacial score (nSPS) is 12.1. The molecule has 0 saturated carbocycles. The number of carbonyl (C=O) groups excluding carboxylic acids is 1. The van der Waals surface area contributed by atoms with Gasteiger partial charge in [-0.3, -0.25) is 0 Å². The third kappa shape index (κ3) is 8.57. The van der Waals surface area contributed by atoms with Crippen molar-refractivity contribution in [3.05, 3.63) is 17.0 Å². The fourth-order valence-electron chi connectivity index (χ4n) is 2.31. The number of carbonyl (C=O) groups is 2. The fourth-order valence-corrected chi connectivity index (χ4v) is 3.07. The summed E-state index contributed by atoms with van der Waals surface area (Å²) in [5.74, 6) is -1.09. The molecule has 0 aliphatic carbocycles. The van der Waals surface area contributed by atoms with Crippen LogP contribution < -0.4 is 5.32 Å². The maximum atomic E-state index is 11.7. The summed E-state index contributed by atoms with van der Waals surface area (Å²) in [6.45, 7) is 15.1. The van der Waals surface area contributed by atoms with Gasteiger partial charge in [-0.1, -0.05) is 19.6 Å². The number of carboxylic acids is 1. The predicted octanol–water partition coefficient (Wildman–Crippen LogP) is 3.27. The molecule has 1 amide bonds. The van der Waals surface area contributed by atoms with Crippen LogP contribution in [0.4, 0.5) is 4.79 Å². The van der Waals surface area contributed by atoms with Crippen LogP contribution >= 0.6 is 0 Å². The van der Waals surface area contributed by atoms with Crippen molar-refractivity contribution < 1.29 is 24.2 Å². The van der Waals surface area contributed by atoms with E-state index in [1.807, 2.05) is 6.92 Å². The van der Waals surface area contributed by atoms with Gasteiger partial charge in [-0.2, -0.15) is 5.10 Å². The van der Waals surface area contributed by atoms with E-state index in [1.54, 1.807) is 25.5 Å². The lowest BCUT2D eigenvalue weighted by molar-refractivity contribution is 0.0528. The monoisotopic (exact) mass is 399 g/mol. The van der Waals surface area contributed by atoms with E-state index >= 15 is 0 Å². The summed E-state index contributed by atoms with van der Waals surface area (Å²) >= 11 is 0. The quantitative estimate of drug-likeness (QED) is 0.488. The molecule has 27 heavy (non-hydrogen) atoms. The van der Waals surface area contributed by atoms with E-state index in [-0.39, 0.29) is 19.0 Å². The standard InChI is InChI=1S/C18H33N3O5Si/c1-13-14(8-9-19-17(24)26-18(2,3)4)15(16(22)23)20-21(13)12-25-10-11-27(5,6)7/h8-12H2,1-7H3,(H,19,24)(H,22,23). The first kappa shape index (κ1) is 23.2. The summed E-state index contributed by atoms with van der Waals surface area (Å²) in [6.07, 6.45) is -0.180. The zero-order valence-corrected chi connectivity index (χ0v) is 18.5. The van der Waals surface area contributed by atoms with Gasteiger partial charge in [-0.25, -0.2) is 14.3 Å². The van der Waals surface area contributed by atoms with Crippen LogP contribution in [0, 0.1) is 6.92 Å². The number of aromatic nitrogens is 2. The van der Waals surface area contributed by atoms with Crippen molar-refractivity contribution >= 4 is 20.1 Å². The molecule has 0 aliphatic rings. The molecule has 8 nitrogen and oxygen atoms in total. The van der Waals surface area contributed by atoms with Crippen molar-refractivity contribution in [1.29, 1.82) is 0 Å². The molecule has 0 fully saturated rings. The lowest BCUT2D eigenvalue weighted by atomic mass is 10.1. The summed E-state index contributed by atoms with van der Waals surface area (Å²) in [5.41, 5.74) is 0.732. The first-order chi connectivity index (χ1) is 12.3. The maximum Gasteiger partial charge on any atom is 0.407 e. The van der Waals surface area contributed by atoms with E-state index in [1.165, 1.54) is 0 Å². The number of hydrogen-bond acceptors (Lipinski definition) is 5. The van der Waals surface area contributed by atoms with Crippen LogP contribution in [0.15, 0.2) is 0 Å². The molecule has 1 rings (SSSR count). The average Bonchev–Trinajstić information content (AvgIpc) is 2.78. The number of aromatic carboxylic acids is 1. The van der Waals surface area contributed by atoms with Crippen molar-refractivity contribution in [2.75, 3.05) is 13.2 Å². The first-order valence-electron chi connectivity index (χ1n) is 9.14. The Morgan fingerprint density at radius 1 is 1.26 bits per heavy atom. The third-order valence-electron chi connectivity index (χ3n) is 3.79. The Labute approximate surface area is 162 Å². The van der Waals surface area contributed by atoms with Gasteiger partial charge in [0.1, 0.15) is 12.3 Å². The Hall–Kier alpha value is -1.87. The molecular formula is C18H33N3O5Si. The second-order valence-corrected chi connectivity index (χ2v) is 14.4. The van der Waals surface area contributed by atoms with Crippen LogP contribution in [0.25, 0.3) is 0 Å². The zero-order valence-electron chi connectivity index (χ0n) is 17.5. The summed E-state index contributed by atoms with van der Waals surface area (Å²) in [7, 11) is -1.18. The van der Waals surface area contributed by atoms with E-state index in [0.29, 0.717) is 18.6 Å². The van der Waals surface area contributed by atoms with Crippen molar-refractivity contribution in [2.24, 2.45) is 0 Å². The Morgan fingerprint density at radius 3 is 2.41 bits per heavy atom. The van der Waals surface area contributed by atoms with Gasteiger partial charge in [0.15, 0.2) is 5.69 Å². The highest BCUT2D eigenvalue weighted by Gasteiger charge is 2.21. The van der Waals surface area contributed by atoms with Crippen molar-refractivity contribution in [3.8, 4) is 0 Å². The Bertz CT molecular complexity index is 659. The van der Waals surface area contributed by atoms with Crippen LogP contribution in [0.1, 0.15) is 42.5 Å². The number of amides is 1. The van der Waals surface area contributed by atoms with Gasteiger partial charge in [0, 0.05) is 32.5 Å². The summed E-state index contributed by atoms with van der Waals surface area (Å²) in [5, 5.41) is 16.2. The number of rotatable bonds is 9. The van der Waals surface area contributed by atoms with E-state index < -0.39 is 25.7 Å². The third-order valence-corrected chi connectivity index (χ3v) is 5.49. The van der Waals surface area contributed by atoms with Crippen molar-refractivity contribution in [3.63, 3.8) is 0 Å². The molecule has 0 bridgehead atoms. The highest BCUT2D eigenvalue weighted by Crippen LogP contribution is 2.16. The number of carboxylic acid groups (broad SMARTS) is 1. The van der Waals surface area contributed by atoms with Crippen LogP contribution in [0.2, 0.25) is 25.7 Å². The zero-order chi connectivity index (χ0) is 20.8. The van der Waals surface area contributed by atoms with Gasteiger partial charge >= 0.3 is 12.1 Å². The van der Waals surface area contributed by atoms with Crippen LogP contribution in [-0.4, -0.2) is 53.8 Å². The molecule has 0 atom stereocenters. The first-order valence-corrected chi connectivity index (χ1v) is 12.8. The van der Waals surface area contributed by atoms with Gasteiger partial charge in [0.2, 0.25) is 0 Å². The van der Waals surface area contributed by atoms with Crippen LogP contribution in [-0.2, 0) is 22.6 Å². The predicted molar refractivity (Wildman–Crippen MR) is 106 cm³/mol. The minimum Gasteiger partial charge on any atom is -0.476 e. The Morgan fingerprint density at radius 2 is 1.89 bits per heavy atom. The molecule has 0 aromatic carbocycles. The van der Waals surface area contributed by atoms with Gasteiger partial charge in [-0.05, 0) is 40.2 Å². The molecule has 0 radical (unpaired) electrons. The van der Waals surface area contributed by atoms with Gasteiger partial charge < -0.3 is 19.9 Å². The largest absolute Gasteiger partial charge is 0.476 e. The molecule has 0 unspecified atom stereocenters. The van der Waals surface area contributed by atoms with Gasteiger partial charge in [-0.15, -0.1) is 0 Å². The molecule has 1 aromatic heterocycles. The Balaban J connectivity index is 2.69. The van der Waals surface area contributed by atoms with E-state index in [4.69, 9.17) is 9.47 Å². The van der Waals surface area contributed by atoms with E-state index in [0.717, 1.165) is 11.7 Å². The number of nitrogens with one attached hydrogen (secondary N) is 1. The molecule has 1 heterocycles. The minimum absolute atomic E-state index is 0.00714. The molecular weight excluding hydrogens is 366 g/mol. The molecule has 2 N–H and O–H groups in total. The maximum absolute atomic E-state index is 11.7. The van der Waals surface area contributed by atoms with Crippen LogP contribution in [0.3, 0.4) is 0 Å². The minimum atomic E-state index is -1.18. The van der Waals surface area contributed by atoms with Crippen molar-refractivity contribution in [1.82, 2.24) is 15.1 Å². The fraction of sp³-hybridized carbons (Fsp3) is 0.722. The van der Waals surface area contributed by atoms with Crippen molar-refractivity contribution in [2.45, 2.75) is 72.1 Å². The molecule has 1 aromatic rings. The highest BCUT2D eigenvalue weighted by atomic mass is 28.3. The number of ether oxygens (including phenoxy) is 2. The van der Waals surface area contributed by atoms with E-state index in [2.05, 4.69) is 30.1 Å². The SMILES string of the molecule is Cc1c(CCNC(=O)OC(C)(C)C)c(C(=O)O)nn1COCC[Si](C)(C)C. The van der Waals surface area contributed by atoms with Crippen LogP contribution in [0.5, 0.6) is 0 Å².